The lowest BCUT2D eigenvalue weighted by Gasteiger charge is -2.09. The fourth-order valence-electron chi connectivity index (χ4n) is 2.79. The lowest BCUT2D eigenvalue weighted by molar-refractivity contribution is 0.0691. The van der Waals surface area contributed by atoms with Gasteiger partial charge in [0.05, 0.1) is 11.0 Å². The number of carboxylic acids is 1. The Morgan fingerprint density at radius 1 is 1.24 bits per heavy atom. The van der Waals surface area contributed by atoms with E-state index in [1.165, 1.54) is 0 Å². The Morgan fingerprint density at radius 2 is 2.12 bits per heavy atom. The summed E-state index contributed by atoms with van der Waals surface area (Å²) in [5, 5.41) is 14.7. The summed E-state index contributed by atoms with van der Waals surface area (Å²) in [4.78, 5) is 23.0. The molecule has 0 aliphatic carbocycles. The van der Waals surface area contributed by atoms with Crippen LogP contribution in [-0.2, 0) is 6.54 Å². The van der Waals surface area contributed by atoms with Crippen LogP contribution in [0.5, 0.6) is 0 Å². The largest absolute Gasteiger partial charge is 0.477 e. The molecule has 3 N–H and O–H groups in total. The number of aromatic carboxylic acids is 1. The van der Waals surface area contributed by atoms with Crippen LogP contribution in [-0.4, -0.2) is 26.0 Å². The van der Waals surface area contributed by atoms with Crippen molar-refractivity contribution in [2.75, 3.05) is 5.32 Å². The van der Waals surface area contributed by atoms with Crippen molar-refractivity contribution < 1.29 is 9.90 Å². The molecule has 3 aromatic heterocycles. The molecule has 7 heteroatoms. The van der Waals surface area contributed by atoms with Gasteiger partial charge >= 0.3 is 5.97 Å². The molecule has 0 aliphatic heterocycles. The van der Waals surface area contributed by atoms with Crippen LogP contribution >= 0.6 is 11.6 Å². The minimum atomic E-state index is -1.02. The number of anilines is 1. The molecule has 0 radical (unpaired) electrons. The number of hydrogen-bond acceptors (Lipinski definition) is 4. The van der Waals surface area contributed by atoms with E-state index in [0.29, 0.717) is 28.3 Å². The quantitative estimate of drug-likeness (QED) is 0.515. The molecular formula is C18H13ClN4O2. The molecular weight excluding hydrogens is 340 g/mol. The molecule has 6 nitrogen and oxygen atoms in total. The van der Waals surface area contributed by atoms with Gasteiger partial charge in [-0.05, 0) is 29.8 Å². The van der Waals surface area contributed by atoms with E-state index in [1.807, 2.05) is 24.3 Å². The molecule has 0 saturated heterocycles. The van der Waals surface area contributed by atoms with Crippen molar-refractivity contribution in [3.05, 3.63) is 65.1 Å². The number of rotatable bonds is 4. The highest BCUT2D eigenvalue weighted by Crippen LogP contribution is 2.29. The SMILES string of the molecule is O=C(O)c1cc2c(NCc3cccc(Cl)c3)nc3ccncc3c2[nH]1. The Kier molecular flexibility index (Phi) is 3.74. The predicted molar refractivity (Wildman–Crippen MR) is 97.1 cm³/mol. The Morgan fingerprint density at radius 3 is 2.92 bits per heavy atom. The van der Waals surface area contributed by atoms with Crippen LogP contribution in [0.25, 0.3) is 21.8 Å². The molecule has 4 rings (SSSR count). The number of fused-ring (bicyclic) bond motifs is 3. The molecule has 0 saturated carbocycles. The lowest BCUT2D eigenvalue weighted by Crippen LogP contribution is -2.02. The van der Waals surface area contributed by atoms with Gasteiger partial charge in [-0.3, -0.25) is 4.98 Å². The van der Waals surface area contributed by atoms with Crippen molar-refractivity contribution in [3.63, 3.8) is 0 Å². The van der Waals surface area contributed by atoms with Gasteiger partial charge < -0.3 is 15.4 Å². The Hall–Kier alpha value is -3.12. The van der Waals surface area contributed by atoms with Crippen molar-refractivity contribution in [1.29, 1.82) is 0 Å². The third kappa shape index (κ3) is 2.88. The molecule has 0 amide bonds. The molecule has 0 atom stereocenters. The van der Waals surface area contributed by atoms with Crippen molar-refractivity contribution in [3.8, 4) is 0 Å². The highest BCUT2D eigenvalue weighted by molar-refractivity contribution is 6.30. The molecule has 0 fully saturated rings. The van der Waals surface area contributed by atoms with Gasteiger partial charge in [0.15, 0.2) is 0 Å². The molecule has 0 unspecified atom stereocenters. The first kappa shape index (κ1) is 15.4. The summed E-state index contributed by atoms with van der Waals surface area (Å²) in [6.45, 7) is 0.521. The zero-order chi connectivity index (χ0) is 17.4. The number of H-pyrrole nitrogens is 1. The van der Waals surface area contributed by atoms with Gasteiger partial charge in [0, 0.05) is 34.7 Å². The number of nitrogens with zero attached hydrogens (tertiary/aromatic N) is 2. The second-order valence-electron chi connectivity index (χ2n) is 5.61. The van der Waals surface area contributed by atoms with Crippen molar-refractivity contribution in [1.82, 2.24) is 15.0 Å². The predicted octanol–water partition coefficient (Wildman–Crippen LogP) is 4.07. The van der Waals surface area contributed by atoms with Crippen molar-refractivity contribution in [2.45, 2.75) is 6.54 Å². The van der Waals surface area contributed by atoms with E-state index < -0.39 is 5.97 Å². The Labute approximate surface area is 147 Å². The van der Waals surface area contributed by atoms with E-state index in [-0.39, 0.29) is 5.69 Å². The molecule has 4 aromatic rings. The molecule has 124 valence electrons. The number of aromatic amines is 1. The molecule has 0 spiro atoms. The Balaban J connectivity index is 1.82. The van der Waals surface area contributed by atoms with Crippen LogP contribution in [0.4, 0.5) is 5.82 Å². The maximum atomic E-state index is 11.3. The maximum absolute atomic E-state index is 11.3. The standard InChI is InChI=1S/C18H13ClN4O2/c19-11-3-1-2-10(6-11)8-21-17-12-7-15(18(24)25)22-16(12)13-9-20-5-4-14(13)23-17/h1-7,9,22H,8H2,(H,21,23)(H,24,25). The van der Waals surface area contributed by atoms with Crippen LogP contribution in [0.3, 0.4) is 0 Å². The third-order valence-corrected chi connectivity index (χ3v) is 4.19. The molecule has 0 aliphatic rings. The van der Waals surface area contributed by atoms with Crippen LogP contribution in [0.1, 0.15) is 16.1 Å². The normalized spacial score (nSPS) is 11.1. The second kappa shape index (κ2) is 6.07. The maximum Gasteiger partial charge on any atom is 0.352 e. The van der Waals surface area contributed by atoms with Crippen molar-refractivity contribution >= 4 is 45.2 Å². The summed E-state index contributed by atoms with van der Waals surface area (Å²) in [6.07, 6.45) is 3.33. The first-order valence-electron chi connectivity index (χ1n) is 7.60. The lowest BCUT2D eigenvalue weighted by atomic mass is 10.2. The van der Waals surface area contributed by atoms with E-state index in [1.54, 1.807) is 24.5 Å². The molecule has 3 heterocycles. The van der Waals surface area contributed by atoms with E-state index in [0.717, 1.165) is 16.5 Å². The van der Waals surface area contributed by atoms with Gasteiger partial charge in [0.1, 0.15) is 11.5 Å². The molecule has 0 bridgehead atoms. The number of benzene rings is 1. The number of halogens is 1. The summed E-state index contributed by atoms with van der Waals surface area (Å²) >= 11 is 6.02. The van der Waals surface area contributed by atoms with E-state index in [9.17, 15) is 9.90 Å². The fraction of sp³-hybridized carbons (Fsp3) is 0.0556. The second-order valence-corrected chi connectivity index (χ2v) is 6.05. The zero-order valence-electron chi connectivity index (χ0n) is 13.0. The summed E-state index contributed by atoms with van der Waals surface area (Å²) in [6, 6.07) is 10.9. The van der Waals surface area contributed by atoms with Crippen LogP contribution < -0.4 is 5.32 Å². The summed E-state index contributed by atoms with van der Waals surface area (Å²) < 4.78 is 0. The van der Waals surface area contributed by atoms with Crippen LogP contribution in [0.15, 0.2) is 48.8 Å². The first-order chi connectivity index (χ1) is 12.1. The average molecular weight is 353 g/mol. The van der Waals surface area contributed by atoms with Crippen LogP contribution in [0, 0.1) is 0 Å². The first-order valence-corrected chi connectivity index (χ1v) is 7.97. The van der Waals surface area contributed by atoms with E-state index >= 15 is 0 Å². The minimum absolute atomic E-state index is 0.110. The van der Waals surface area contributed by atoms with Gasteiger partial charge in [0.25, 0.3) is 0 Å². The average Bonchev–Trinajstić information content (AvgIpc) is 3.06. The van der Waals surface area contributed by atoms with E-state index in [2.05, 4.69) is 20.3 Å². The highest BCUT2D eigenvalue weighted by Gasteiger charge is 2.15. The smallest absolute Gasteiger partial charge is 0.352 e. The summed E-state index contributed by atoms with van der Waals surface area (Å²) in [7, 11) is 0. The van der Waals surface area contributed by atoms with Gasteiger partial charge in [-0.1, -0.05) is 23.7 Å². The van der Waals surface area contributed by atoms with Gasteiger partial charge in [-0.25, -0.2) is 9.78 Å². The fourth-order valence-corrected chi connectivity index (χ4v) is 3.01. The zero-order valence-corrected chi connectivity index (χ0v) is 13.7. The third-order valence-electron chi connectivity index (χ3n) is 3.95. The summed E-state index contributed by atoms with van der Waals surface area (Å²) in [5.74, 6) is -0.411. The van der Waals surface area contributed by atoms with Crippen molar-refractivity contribution in [2.24, 2.45) is 0 Å². The molecule has 25 heavy (non-hydrogen) atoms. The van der Waals surface area contributed by atoms with Gasteiger partial charge in [0.2, 0.25) is 0 Å². The van der Waals surface area contributed by atoms with Crippen LogP contribution in [0.2, 0.25) is 5.02 Å². The van der Waals surface area contributed by atoms with Gasteiger partial charge in [-0.15, -0.1) is 0 Å². The topological polar surface area (TPSA) is 90.9 Å². The minimum Gasteiger partial charge on any atom is -0.477 e. The summed E-state index contributed by atoms with van der Waals surface area (Å²) in [5.41, 5.74) is 2.55. The monoisotopic (exact) mass is 352 g/mol. The number of aromatic nitrogens is 3. The number of nitrogens with one attached hydrogen (secondary N) is 2. The Bertz CT molecular complexity index is 1110. The van der Waals surface area contributed by atoms with E-state index in [4.69, 9.17) is 11.6 Å². The number of pyridine rings is 2. The molecule has 1 aromatic carbocycles. The number of carbonyl (C=O) groups is 1. The highest BCUT2D eigenvalue weighted by atomic mass is 35.5. The van der Waals surface area contributed by atoms with Gasteiger partial charge in [-0.2, -0.15) is 0 Å². The number of carboxylic acid groups (broad SMARTS) is 1. The number of hydrogen-bond donors (Lipinski definition) is 3.